The number of hydrogen-bond acceptors (Lipinski definition) is 6. The van der Waals surface area contributed by atoms with E-state index in [1.54, 1.807) is 23.7 Å². The van der Waals surface area contributed by atoms with E-state index in [9.17, 15) is 10.1 Å². The number of aromatic nitrogens is 3. The minimum atomic E-state index is -0.408. The van der Waals surface area contributed by atoms with Crippen LogP contribution in [-0.4, -0.2) is 19.7 Å². The van der Waals surface area contributed by atoms with Gasteiger partial charge in [0.05, 0.1) is 4.92 Å². The quantitative estimate of drug-likeness (QED) is 0.512. The van der Waals surface area contributed by atoms with Gasteiger partial charge >= 0.3 is 0 Å². The molecule has 0 radical (unpaired) electrons. The van der Waals surface area contributed by atoms with E-state index in [-0.39, 0.29) is 5.69 Å². The zero-order valence-corrected chi connectivity index (χ0v) is 10.4. The van der Waals surface area contributed by atoms with Crippen LogP contribution in [0.3, 0.4) is 0 Å². The molecule has 0 aliphatic carbocycles. The Morgan fingerprint density at radius 2 is 2.28 bits per heavy atom. The van der Waals surface area contributed by atoms with Gasteiger partial charge in [0.15, 0.2) is 5.16 Å². The van der Waals surface area contributed by atoms with Gasteiger partial charge in [0, 0.05) is 24.9 Å². The third-order valence-corrected chi connectivity index (χ3v) is 3.45. The van der Waals surface area contributed by atoms with Crippen molar-refractivity contribution in [1.82, 2.24) is 14.8 Å². The number of nitro groups is 1. The summed E-state index contributed by atoms with van der Waals surface area (Å²) in [7, 11) is 1.77. The molecule has 1 heterocycles. The molecule has 2 N–H and O–H groups in total. The number of benzene rings is 1. The van der Waals surface area contributed by atoms with Gasteiger partial charge in [0.2, 0.25) is 5.95 Å². The average molecular weight is 265 g/mol. The van der Waals surface area contributed by atoms with Gasteiger partial charge in [-0.1, -0.05) is 23.9 Å². The number of nitro benzene ring substituents is 1. The van der Waals surface area contributed by atoms with Crippen molar-refractivity contribution < 1.29 is 4.92 Å². The second kappa shape index (κ2) is 5.05. The summed E-state index contributed by atoms with van der Waals surface area (Å²) in [5.74, 6) is 0.921. The lowest BCUT2D eigenvalue weighted by molar-refractivity contribution is -0.384. The van der Waals surface area contributed by atoms with Crippen LogP contribution in [-0.2, 0) is 12.8 Å². The number of anilines is 1. The summed E-state index contributed by atoms with van der Waals surface area (Å²) in [5, 5.41) is 19.0. The number of rotatable bonds is 4. The van der Waals surface area contributed by atoms with Crippen LogP contribution in [0, 0.1) is 10.1 Å². The van der Waals surface area contributed by atoms with Crippen LogP contribution in [0.1, 0.15) is 5.56 Å². The maximum Gasteiger partial charge on any atom is 0.269 e. The van der Waals surface area contributed by atoms with E-state index in [1.807, 2.05) is 6.07 Å². The second-order valence-corrected chi connectivity index (χ2v) is 4.56. The van der Waals surface area contributed by atoms with E-state index in [4.69, 9.17) is 5.73 Å². The highest BCUT2D eigenvalue weighted by Gasteiger charge is 2.09. The highest BCUT2D eigenvalue weighted by atomic mass is 32.2. The van der Waals surface area contributed by atoms with Crippen LogP contribution in [0.2, 0.25) is 0 Å². The van der Waals surface area contributed by atoms with Crippen molar-refractivity contribution in [1.29, 1.82) is 0 Å². The van der Waals surface area contributed by atoms with Crippen LogP contribution >= 0.6 is 11.8 Å². The minimum Gasteiger partial charge on any atom is -0.368 e. The van der Waals surface area contributed by atoms with Gasteiger partial charge in [0.1, 0.15) is 0 Å². The molecule has 0 unspecified atom stereocenters. The van der Waals surface area contributed by atoms with Gasteiger partial charge in [-0.15, -0.1) is 10.2 Å². The van der Waals surface area contributed by atoms with E-state index < -0.39 is 4.92 Å². The molecule has 1 aromatic heterocycles. The summed E-state index contributed by atoms with van der Waals surface area (Å²) < 4.78 is 1.67. The Balaban J connectivity index is 2.08. The monoisotopic (exact) mass is 265 g/mol. The Hall–Kier alpha value is -2.09. The van der Waals surface area contributed by atoms with Crippen molar-refractivity contribution in [3.05, 3.63) is 39.9 Å². The van der Waals surface area contributed by atoms with Crippen molar-refractivity contribution in [2.45, 2.75) is 10.9 Å². The zero-order chi connectivity index (χ0) is 13.1. The fourth-order valence-corrected chi connectivity index (χ4v) is 2.22. The Labute approximate surface area is 107 Å². The Morgan fingerprint density at radius 3 is 2.89 bits per heavy atom. The van der Waals surface area contributed by atoms with Crippen LogP contribution < -0.4 is 5.73 Å². The van der Waals surface area contributed by atoms with Gasteiger partial charge in [-0.25, -0.2) is 0 Å². The first kappa shape index (κ1) is 12.4. The summed E-state index contributed by atoms with van der Waals surface area (Å²) in [6.07, 6.45) is 0. The minimum absolute atomic E-state index is 0.0885. The molecule has 1 aromatic carbocycles. The van der Waals surface area contributed by atoms with Gasteiger partial charge in [-0.3, -0.25) is 14.7 Å². The standard InChI is InChI=1S/C10H11N5O2S/c1-14-9(11)12-13-10(14)18-6-7-3-2-4-8(5-7)15(16)17/h2-5H,6H2,1H3,(H2,11,12). The molecule has 7 nitrogen and oxygen atoms in total. The fourth-order valence-electron chi connectivity index (χ4n) is 1.36. The summed E-state index contributed by atoms with van der Waals surface area (Å²) >= 11 is 1.43. The molecule has 0 fully saturated rings. The summed E-state index contributed by atoms with van der Waals surface area (Å²) in [5.41, 5.74) is 6.51. The average Bonchev–Trinajstić information content (AvgIpc) is 2.68. The number of non-ortho nitro benzene ring substituents is 1. The van der Waals surface area contributed by atoms with Gasteiger partial charge in [0.25, 0.3) is 5.69 Å². The molecule has 2 aromatic rings. The summed E-state index contributed by atoms with van der Waals surface area (Å²) in [6.45, 7) is 0. The molecule has 94 valence electrons. The van der Waals surface area contributed by atoms with E-state index in [0.717, 1.165) is 5.56 Å². The normalized spacial score (nSPS) is 10.5. The maximum atomic E-state index is 10.6. The molecule has 0 saturated carbocycles. The zero-order valence-electron chi connectivity index (χ0n) is 9.61. The topological polar surface area (TPSA) is 99.9 Å². The molecule has 0 amide bonds. The predicted octanol–water partition coefficient (Wildman–Crippen LogP) is 1.60. The first-order chi connectivity index (χ1) is 8.58. The number of thioether (sulfide) groups is 1. The predicted molar refractivity (Wildman–Crippen MR) is 68.1 cm³/mol. The lowest BCUT2D eigenvalue weighted by Gasteiger charge is -2.01. The van der Waals surface area contributed by atoms with Crippen molar-refractivity contribution >= 4 is 23.4 Å². The van der Waals surface area contributed by atoms with E-state index >= 15 is 0 Å². The lowest BCUT2D eigenvalue weighted by atomic mass is 10.2. The highest BCUT2D eigenvalue weighted by Crippen LogP contribution is 2.23. The molecular formula is C10H11N5O2S. The largest absolute Gasteiger partial charge is 0.368 e. The van der Waals surface area contributed by atoms with Crippen LogP contribution in [0.4, 0.5) is 11.6 Å². The molecule has 0 bridgehead atoms. The highest BCUT2D eigenvalue weighted by molar-refractivity contribution is 7.98. The molecule has 0 spiro atoms. The Bertz CT molecular complexity index is 583. The number of nitrogen functional groups attached to an aromatic ring is 1. The smallest absolute Gasteiger partial charge is 0.269 e. The second-order valence-electron chi connectivity index (χ2n) is 3.62. The summed E-state index contributed by atoms with van der Waals surface area (Å²) in [4.78, 5) is 10.2. The Morgan fingerprint density at radius 1 is 1.50 bits per heavy atom. The molecule has 2 rings (SSSR count). The Kier molecular flexibility index (Phi) is 3.47. The number of hydrogen-bond donors (Lipinski definition) is 1. The SMILES string of the molecule is Cn1c(N)nnc1SCc1cccc([N+](=O)[O-])c1. The third-order valence-electron chi connectivity index (χ3n) is 2.36. The molecule has 0 aliphatic heterocycles. The lowest BCUT2D eigenvalue weighted by Crippen LogP contribution is -1.98. The third kappa shape index (κ3) is 2.59. The number of nitrogens with zero attached hydrogens (tertiary/aromatic N) is 4. The molecule has 18 heavy (non-hydrogen) atoms. The molecule has 0 saturated heterocycles. The first-order valence-corrected chi connectivity index (χ1v) is 6.07. The van der Waals surface area contributed by atoms with Gasteiger partial charge in [-0.2, -0.15) is 0 Å². The van der Waals surface area contributed by atoms with Crippen LogP contribution in [0.25, 0.3) is 0 Å². The van der Waals surface area contributed by atoms with Gasteiger partial charge in [-0.05, 0) is 5.56 Å². The van der Waals surface area contributed by atoms with Crippen LogP contribution in [0.15, 0.2) is 29.4 Å². The molecular weight excluding hydrogens is 254 g/mol. The first-order valence-electron chi connectivity index (χ1n) is 5.09. The van der Waals surface area contributed by atoms with Crippen LogP contribution in [0.5, 0.6) is 0 Å². The van der Waals surface area contributed by atoms with E-state index in [1.165, 1.54) is 17.8 Å². The van der Waals surface area contributed by atoms with Gasteiger partial charge < -0.3 is 5.73 Å². The van der Waals surface area contributed by atoms with Crippen molar-refractivity contribution in [2.24, 2.45) is 7.05 Å². The number of nitrogens with two attached hydrogens (primary N) is 1. The van der Waals surface area contributed by atoms with E-state index in [2.05, 4.69) is 10.2 Å². The summed E-state index contributed by atoms with van der Waals surface area (Å²) in [6, 6.07) is 6.51. The molecule has 0 atom stereocenters. The van der Waals surface area contributed by atoms with Crippen molar-refractivity contribution in [2.75, 3.05) is 5.73 Å². The maximum absolute atomic E-state index is 10.6. The fraction of sp³-hybridized carbons (Fsp3) is 0.200. The molecule has 8 heteroatoms. The van der Waals surface area contributed by atoms with Crippen molar-refractivity contribution in [3.63, 3.8) is 0 Å². The van der Waals surface area contributed by atoms with Crippen molar-refractivity contribution in [3.8, 4) is 0 Å². The van der Waals surface area contributed by atoms with E-state index in [0.29, 0.717) is 16.9 Å². The molecule has 0 aliphatic rings.